The van der Waals surface area contributed by atoms with Crippen LogP contribution in [0.4, 0.5) is 11.6 Å². The molecule has 0 saturated heterocycles. The average Bonchev–Trinajstić information content (AvgIpc) is 3.30. The van der Waals surface area contributed by atoms with E-state index in [9.17, 15) is 9.59 Å². The predicted molar refractivity (Wildman–Crippen MR) is 137 cm³/mol. The number of hydrogen-bond donors (Lipinski definition) is 3. The molecule has 35 heavy (non-hydrogen) atoms. The van der Waals surface area contributed by atoms with Crippen molar-refractivity contribution >= 4 is 28.3 Å². The van der Waals surface area contributed by atoms with Gasteiger partial charge in [-0.25, -0.2) is 9.97 Å². The third-order valence-electron chi connectivity index (χ3n) is 6.55. The van der Waals surface area contributed by atoms with Gasteiger partial charge in [0, 0.05) is 30.7 Å². The fourth-order valence-corrected chi connectivity index (χ4v) is 4.63. The number of aromatic nitrogens is 3. The van der Waals surface area contributed by atoms with E-state index in [1.54, 1.807) is 16.8 Å². The molecule has 0 spiro atoms. The van der Waals surface area contributed by atoms with Crippen molar-refractivity contribution in [2.75, 3.05) is 17.6 Å². The molecule has 1 atom stereocenters. The second kappa shape index (κ2) is 9.58. The fraction of sp³-hybridized carbons (Fsp3) is 0.259. The summed E-state index contributed by atoms with van der Waals surface area (Å²) < 4.78 is 1.58. The van der Waals surface area contributed by atoms with Gasteiger partial charge < -0.3 is 16.4 Å². The van der Waals surface area contributed by atoms with E-state index >= 15 is 0 Å². The summed E-state index contributed by atoms with van der Waals surface area (Å²) in [5.41, 5.74) is 9.08. The molecule has 0 aliphatic carbocycles. The lowest BCUT2D eigenvalue weighted by Gasteiger charge is -2.16. The van der Waals surface area contributed by atoms with Crippen LogP contribution >= 0.6 is 0 Å². The molecule has 0 bridgehead atoms. The number of nitrogens with zero attached hydrogens (tertiary/aromatic N) is 3. The Labute approximate surface area is 203 Å². The van der Waals surface area contributed by atoms with Gasteiger partial charge in [0.25, 0.3) is 5.56 Å². The van der Waals surface area contributed by atoms with E-state index in [4.69, 9.17) is 5.73 Å². The zero-order valence-corrected chi connectivity index (χ0v) is 19.6. The summed E-state index contributed by atoms with van der Waals surface area (Å²) in [4.78, 5) is 34.7. The maximum absolute atomic E-state index is 13.2. The number of rotatable bonds is 7. The Morgan fingerprint density at radius 3 is 2.80 bits per heavy atom. The smallest absolute Gasteiger partial charge is 0.294 e. The van der Waals surface area contributed by atoms with Crippen molar-refractivity contribution in [3.8, 4) is 0 Å². The zero-order chi connectivity index (χ0) is 24.4. The molecule has 3 heterocycles. The van der Waals surface area contributed by atoms with Crippen LogP contribution in [0.2, 0.25) is 0 Å². The van der Waals surface area contributed by atoms with Gasteiger partial charge >= 0.3 is 0 Å². The quantitative estimate of drug-likeness (QED) is 0.384. The number of pyridine rings is 1. The number of carbonyl (C=O) groups excluding carboxylic acids is 1. The molecule has 1 aliphatic heterocycles. The maximum Gasteiger partial charge on any atom is 0.294 e. The Morgan fingerprint density at radius 1 is 1.14 bits per heavy atom. The maximum atomic E-state index is 13.2. The molecule has 8 heteroatoms. The first kappa shape index (κ1) is 22.6. The highest BCUT2D eigenvalue weighted by Gasteiger charge is 2.30. The lowest BCUT2D eigenvalue weighted by atomic mass is 10.1. The number of carbonyl (C=O) groups is 1. The Bertz CT molecular complexity index is 1460. The number of hydrogen-bond acceptors (Lipinski definition) is 6. The van der Waals surface area contributed by atoms with E-state index in [0.717, 1.165) is 23.4 Å². The largest absolute Gasteiger partial charge is 0.384 e. The molecule has 4 aromatic rings. The second-order valence-corrected chi connectivity index (χ2v) is 8.88. The van der Waals surface area contributed by atoms with Gasteiger partial charge in [0.2, 0.25) is 5.91 Å². The molecule has 1 aliphatic rings. The summed E-state index contributed by atoms with van der Waals surface area (Å²) in [6.45, 7) is 2.76. The Hall–Kier alpha value is -4.20. The number of nitrogens with two attached hydrogens (primary N) is 1. The molecule has 2 aromatic heterocycles. The molecule has 1 amide bonds. The van der Waals surface area contributed by atoms with Gasteiger partial charge in [0.15, 0.2) is 5.82 Å². The van der Waals surface area contributed by atoms with Crippen molar-refractivity contribution in [1.29, 1.82) is 0 Å². The van der Waals surface area contributed by atoms with Crippen LogP contribution in [0.5, 0.6) is 0 Å². The Balaban J connectivity index is 1.25. The molecule has 0 unspecified atom stereocenters. The molecule has 0 fully saturated rings. The first-order chi connectivity index (χ1) is 17.0. The topological polar surface area (TPSA) is 115 Å². The minimum absolute atomic E-state index is 0.185. The number of nitrogens with one attached hydrogen (secondary N) is 2. The first-order valence-corrected chi connectivity index (χ1v) is 11.8. The molecular weight excluding hydrogens is 440 g/mol. The van der Waals surface area contributed by atoms with Gasteiger partial charge in [0.1, 0.15) is 11.9 Å². The van der Waals surface area contributed by atoms with E-state index in [2.05, 4.69) is 50.9 Å². The molecular formula is C27H28N6O2. The highest BCUT2D eigenvalue weighted by atomic mass is 16.2. The van der Waals surface area contributed by atoms with Crippen LogP contribution in [0.3, 0.4) is 0 Å². The second-order valence-electron chi connectivity index (χ2n) is 8.88. The molecule has 0 saturated carbocycles. The summed E-state index contributed by atoms with van der Waals surface area (Å²) in [6, 6.07) is 17.6. The summed E-state index contributed by atoms with van der Waals surface area (Å²) in [6.07, 6.45) is 3.66. The predicted octanol–water partition coefficient (Wildman–Crippen LogP) is 3.14. The number of fused-ring (bicyclic) bond motifs is 2. The van der Waals surface area contributed by atoms with E-state index in [1.165, 1.54) is 16.3 Å². The van der Waals surface area contributed by atoms with Gasteiger partial charge in [-0.3, -0.25) is 14.2 Å². The van der Waals surface area contributed by atoms with Crippen LogP contribution < -0.4 is 21.9 Å². The number of amides is 1. The van der Waals surface area contributed by atoms with E-state index < -0.39 is 6.04 Å². The fourth-order valence-electron chi connectivity index (χ4n) is 4.63. The Kier molecular flexibility index (Phi) is 6.18. The lowest BCUT2D eigenvalue weighted by molar-refractivity contribution is -0.124. The third-order valence-corrected chi connectivity index (χ3v) is 6.55. The number of benzene rings is 2. The van der Waals surface area contributed by atoms with Gasteiger partial charge in [-0.15, -0.1) is 0 Å². The van der Waals surface area contributed by atoms with Crippen molar-refractivity contribution in [2.24, 2.45) is 0 Å². The zero-order valence-electron chi connectivity index (χ0n) is 19.6. The van der Waals surface area contributed by atoms with Gasteiger partial charge in [-0.1, -0.05) is 48.5 Å². The highest BCUT2D eigenvalue weighted by molar-refractivity contribution is 5.83. The van der Waals surface area contributed by atoms with E-state index in [0.29, 0.717) is 31.7 Å². The molecule has 4 N–H and O–H groups in total. The lowest BCUT2D eigenvalue weighted by Crippen LogP contribution is -2.36. The summed E-state index contributed by atoms with van der Waals surface area (Å²) in [7, 11) is 0. The normalized spacial score (nSPS) is 14.6. The molecule has 8 nitrogen and oxygen atoms in total. The van der Waals surface area contributed by atoms with Gasteiger partial charge in [0.05, 0.1) is 0 Å². The monoisotopic (exact) mass is 468 g/mol. The minimum Gasteiger partial charge on any atom is -0.384 e. The van der Waals surface area contributed by atoms with Crippen LogP contribution in [0, 0.1) is 6.92 Å². The van der Waals surface area contributed by atoms with E-state index in [1.807, 2.05) is 25.1 Å². The highest BCUT2D eigenvalue weighted by Crippen LogP contribution is 2.24. The SMILES string of the molecule is Cc1nc(N)ccc1CNC(=O)[C@@H]1CCc2cnc(NCCc3ccc4ccccc4c3)c(=O)n21. The number of aryl methyl sites for hydroxylation is 2. The third kappa shape index (κ3) is 4.73. The van der Waals surface area contributed by atoms with Crippen molar-refractivity contribution in [2.45, 2.75) is 38.8 Å². The summed E-state index contributed by atoms with van der Waals surface area (Å²) in [5, 5.41) is 8.52. The Morgan fingerprint density at radius 2 is 1.97 bits per heavy atom. The minimum atomic E-state index is -0.552. The van der Waals surface area contributed by atoms with Crippen LogP contribution in [-0.2, 0) is 24.2 Å². The van der Waals surface area contributed by atoms with Gasteiger partial charge in [-0.2, -0.15) is 0 Å². The van der Waals surface area contributed by atoms with Crippen molar-refractivity contribution in [1.82, 2.24) is 19.9 Å². The molecule has 0 radical (unpaired) electrons. The standard InChI is InChI=1S/C27H28N6O2/c1-17-21(8-11-24(28)32-17)15-31-26(34)23-10-9-22-16-30-25(27(35)33(22)23)29-13-12-18-6-7-19-4-2-3-5-20(19)14-18/h2-8,11,14,16,23H,9-10,12-13,15H2,1H3,(H2,28,32)(H,29,30)(H,31,34)/t23-/m0/s1. The molecule has 5 rings (SSSR count). The van der Waals surface area contributed by atoms with Gasteiger partial charge in [-0.05, 0) is 54.2 Å². The average molecular weight is 469 g/mol. The van der Waals surface area contributed by atoms with Crippen LogP contribution in [0.1, 0.15) is 35.0 Å². The van der Waals surface area contributed by atoms with Crippen LogP contribution in [0.15, 0.2) is 65.6 Å². The van der Waals surface area contributed by atoms with Crippen molar-refractivity contribution in [3.63, 3.8) is 0 Å². The number of anilines is 2. The van der Waals surface area contributed by atoms with Crippen molar-refractivity contribution in [3.05, 3.63) is 93.7 Å². The summed E-state index contributed by atoms with van der Waals surface area (Å²) >= 11 is 0. The molecule has 2 aromatic carbocycles. The number of nitrogen functional groups attached to an aromatic ring is 1. The first-order valence-electron chi connectivity index (χ1n) is 11.8. The van der Waals surface area contributed by atoms with Crippen molar-refractivity contribution < 1.29 is 4.79 Å². The van der Waals surface area contributed by atoms with Crippen LogP contribution in [-0.4, -0.2) is 27.0 Å². The molecule has 178 valence electrons. The summed E-state index contributed by atoms with van der Waals surface area (Å²) in [5.74, 6) is 0.533. The van der Waals surface area contributed by atoms with E-state index in [-0.39, 0.29) is 17.3 Å². The van der Waals surface area contributed by atoms with Crippen LogP contribution in [0.25, 0.3) is 10.8 Å².